The molecular weight excluding hydrogens is 212 g/mol. The van der Waals surface area contributed by atoms with E-state index in [4.69, 9.17) is 0 Å². The standard InChI is InChI=1S/C15H18S/c1-11-7-8-13-9-16-10-14(13)15(11)12-5-3-2-4-6-12/h2-8,11,13-15H,9-10H2,1H3/t11-,13+,14+,15+/m1/s1. The van der Waals surface area contributed by atoms with Crippen LogP contribution in [0, 0.1) is 17.8 Å². The molecule has 0 bridgehead atoms. The van der Waals surface area contributed by atoms with Crippen LogP contribution in [0.4, 0.5) is 0 Å². The van der Waals surface area contributed by atoms with Gasteiger partial charge in [0.1, 0.15) is 0 Å². The second kappa shape index (κ2) is 4.29. The third-order valence-electron chi connectivity index (χ3n) is 4.04. The summed E-state index contributed by atoms with van der Waals surface area (Å²) < 4.78 is 0. The Labute approximate surface area is 102 Å². The minimum absolute atomic E-state index is 0.697. The van der Waals surface area contributed by atoms with E-state index in [1.807, 2.05) is 0 Å². The van der Waals surface area contributed by atoms with E-state index in [-0.39, 0.29) is 0 Å². The Kier molecular flexibility index (Phi) is 2.81. The second-order valence-electron chi connectivity index (χ2n) is 5.05. The number of fused-ring (bicyclic) bond motifs is 1. The maximum atomic E-state index is 2.47. The van der Waals surface area contributed by atoms with Crippen molar-refractivity contribution in [2.75, 3.05) is 11.5 Å². The van der Waals surface area contributed by atoms with Crippen molar-refractivity contribution in [3.8, 4) is 0 Å². The highest BCUT2D eigenvalue weighted by Gasteiger charge is 2.38. The molecule has 1 aromatic carbocycles. The van der Waals surface area contributed by atoms with Gasteiger partial charge in [-0.15, -0.1) is 0 Å². The summed E-state index contributed by atoms with van der Waals surface area (Å²) in [4.78, 5) is 0. The zero-order valence-electron chi connectivity index (χ0n) is 9.67. The van der Waals surface area contributed by atoms with E-state index in [0.717, 1.165) is 17.8 Å². The Balaban J connectivity index is 1.96. The minimum Gasteiger partial charge on any atom is -0.161 e. The van der Waals surface area contributed by atoms with Gasteiger partial charge in [0.05, 0.1) is 0 Å². The molecular formula is C15H18S. The van der Waals surface area contributed by atoms with Crippen LogP contribution in [0.15, 0.2) is 42.5 Å². The van der Waals surface area contributed by atoms with Gasteiger partial charge in [-0.25, -0.2) is 0 Å². The van der Waals surface area contributed by atoms with Crippen molar-refractivity contribution in [3.05, 3.63) is 48.0 Å². The summed E-state index contributed by atoms with van der Waals surface area (Å²) in [5.74, 6) is 5.81. The van der Waals surface area contributed by atoms with Gasteiger partial charge in [0, 0.05) is 0 Å². The smallest absolute Gasteiger partial charge is 0.000116 e. The van der Waals surface area contributed by atoms with Crippen LogP contribution in [0.2, 0.25) is 0 Å². The van der Waals surface area contributed by atoms with Gasteiger partial charge in [-0.2, -0.15) is 11.8 Å². The lowest BCUT2D eigenvalue weighted by Gasteiger charge is -2.34. The SMILES string of the molecule is C[C@@H]1C=C[C@H]2CSC[C@@H]2[C@@H]1c1ccccc1. The molecule has 1 aromatic rings. The van der Waals surface area contributed by atoms with Crippen molar-refractivity contribution in [2.45, 2.75) is 12.8 Å². The Morgan fingerprint density at radius 1 is 1.06 bits per heavy atom. The highest BCUT2D eigenvalue weighted by molar-refractivity contribution is 7.99. The molecule has 0 radical (unpaired) electrons. The molecule has 16 heavy (non-hydrogen) atoms. The van der Waals surface area contributed by atoms with Crippen molar-refractivity contribution in [2.24, 2.45) is 17.8 Å². The molecule has 1 saturated heterocycles. The lowest BCUT2D eigenvalue weighted by Crippen LogP contribution is -2.27. The van der Waals surface area contributed by atoms with Gasteiger partial charge in [-0.05, 0) is 40.7 Å². The Bertz CT molecular complexity index is 382. The van der Waals surface area contributed by atoms with Gasteiger partial charge in [-0.3, -0.25) is 0 Å². The predicted molar refractivity (Wildman–Crippen MR) is 71.8 cm³/mol. The molecule has 4 atom stereocenters. The average molecular weight is 230 g/mol. The number of hydrogen-bond acceptors (Lipinski definition) is 1. The molecule has 1 heterocycles. The molecule has 3 rings (SSSR count). The fraction of sp³-hybridized carbons (Fsp3) is 0.467. The molecule has 0 aromatic heterocycles. The van der Waals surface area contributed by atoms with E-state index in [1.165, 1.54) is 17.1 Å². The summed E-state index contributed by atoms with van der Waals surface area (Å²) in [5.41, 5.74) is 1.54. The molecule has 2 aliphatic rings. The van der Waals surface area contributed by atoms with Crippen LogP contribution in [0.1, 0.15) is 18.4 Å². The van der Waals surface area contributed by atoms with Crippen molar-refractivity contribution in [1.29, 1.82) is 0 Å². The Morgan fingerprint density at radius 2 is 1.88 bits per heavy atom. The number of hydrogen-bond donors (Lipinski definition) is 0. The summed E-state index contributed by atoms with van der Waals surface area (Å²) in [6, 6.07) is 11.1. The number of allylic oxidation sites excluding steroid dienone is 2. The zero-order chi connectivity index (χ0) is 11.0. The van der Waals surface area contributed by atoms with E-state index >= 15 is 0 Å². The van der Waals surface area contributed by atoms with E-state index in [0.29, 0.717) is 5.92 Å². The van der Waals surface area contributed by atoms with Gasteiger partial charge in [-0.1, -0.05) is 49.4 Å². The number of rotatable bonds is 1. The monoisotopic (exact) mass is 230 g/mol. The average Bonchev–Trinajstić information content (AvgIpc) is 2.78. The van der Waals surface area contributed by atoms with E-state index in [9.17, 15) is 0 Å². The molecule has 0 unspecified atom stereocenters. The first-order valence-corrected chi connectivity index (χ1v) is 7.33. The van der Waals surface area contributed by atoms with Crippen LogP contribution in [0.5, 0.6) is 0 Å². The van der Waals surface area contributed by atoms with Gasteiger partial charge in [0.15, 0.2) is 0 Å². The van der Waals surface area contributed by atoms with Crippen molar-refractivity contribution in [3.63, 3.8) is 0 Å². The summed E-state index contributed by atoms with van der Waals surface area (Å²) in [5, 5.41) is 0. The fourth-order valence-corrected chi connectivity index (χ4v) is 4.70. The first kappa shape index (κ1) is 10.5. The van der Waals surface area contributed by atoms with Gasteiger partial charge < -0.3 is 0 Å². The number of thioether (sulfide) groups is 1. The second-order valence-corrected chi connectivity index (χ2v) is 6.12. The number of benzene rings is 1. The Morgan fingerprint density at radius 3 is 2.69 bits per heavy atom. The maximum Gasteiger partial charge on any atom is -0.000116 e. The third kappa shape index (κ3) is 1.71. The third-order valence-corrected chi connectivity index (χ3v) is 5.29. The molecule has 1 heteroatoms. The summed E-state index contributed by atoms with van der Waals surface area (Å²) in [6.45, 7) is 2.37. The van der Waals surface area contributed by atoms with E-state index < -0.39 is 0 Å². The molecule has 1 aliphatic heterocycles. The van der Waals surface area contributed by atoms with E-state index in [2.05, 4.69) is 61.2 Å². The first-order chi connectivity index (χ1) is 7.86. The van der Waals surface area contributed by atoms with Crippen molar-refractivity contribution >= 4 is 11.8 Å². The fourth-order valence-electron chi connectivity index (χ4n) is 3.21. The lowest BCUT2D eigenvalue weighted by atomic mass is 9.69. The summed E-state index contributed by atoms with van der Waals surface area (Å²) >= 11 is 2.13. The van der Waals surface area contributed by atoms with Crippen LogP contribution >= 0.6 is 11.8 Å². The molecule has 84 valence electrons. The molecule has 0 spiro atoms. The molecule has 1 aliphatic carbocycles. The first-order valence-electron chi connectivity index (χ1n) is 6.17. The van der Waals surface area contributed by atoms with Crippen LogP contribution in [-0.2, 0) is 0 Å². The molecule has 1 fully saturated rings. The van der Waals surface area contributed by atoms with Gasteiger partial charge >= 0.3 is 0 Å². The predicted octanol–water partition coefficient (Wildman–Crippen LogP) is 3.96. The topological polar surface area (TPSA) is 0 Å². The molecule has 0 nitrogen and oxygen atoms in total. The maximum absolute atomic E-state index is 2.47. The zero-order valence-corrected chi connectivity index (χ0v) is 10.5. The normalized spacial score (nSPS) is 37.3. The quantitative estimate of drug-likeness (QED) is 0.658. The molecule has 0 N–H and O–H groups in total. The minimum atomic E-state index is 0.697. The summed E-state index contributed by atoms with van der Waals surface area (Å²) in [7, 11) is 0. The summed E-state index contributed by atoms with van der Waals surface area (Å²) in [6.07, 6.45) is 4.90. The van der Waals surface area contributed by atoms with Gasteiger partial charge in [0.2, 0.25) is 0 Å². The van der Waals surface area contributed by atoms with Crippen LogP contribution in [0.3, 0.4) is 0 Å². The van der Waals surface area contributed by atoms with Crippen LogP contribution in [0.25, 0.3) is 0 Å². The van der Waals surface area contributed by atoms with E-state index in [1.54, 1.807) is 0 Å². The lowest BCUT2D eigenvalue weighted by molar-refractivity contribution is 0.326. The van der Waals surface area contributed by atoms with Crippen LogP contribution in [-0.4, -0.2) is 11.5 Å². The largest absolute Gasteiger partial charge is 0.161 e. The highest BCUT2D eigenvalue weighted by atomic mass is 32.2. The van der Waals surface area contributed by atoms with Crippen LogP contribution < -0.4 is 0 Å². The Hall–Kier alpha value is -0.690. The van der Waals surface area contributed by atoms with Crippen molar-refractivity contribution in [1.82, 2.24) is 0 Å². The van der Waals surface area contributed by atoms with Gasteiger partial charge in [0.25, 0.3) is 0 Å². The highest BCUT2D eigenvalue weighted by Crippen LogP contribution is 2.47. The molecule has 0 saturated carbocycles. The molecule has 0 amide bonds. The van der Waals surface area contributed by atoms with Crippen molar-refractivity contribution < 1.29 is 0 Å².